The molecule has 23 heavy (non-hydrogen) atoms. The van der Waals surface area contributed by atoms with Gasteiger partial charge in [0, 0.05) is 18.3 Å². The molecule has 0 spiro atoms. The van der Waals surface area contributed by atoms with Crippen molar-refractivity contribution in [2.45, 2.75) is 26.2 Å². The van der Waals surface area contributed by atoms with E-state index in [9.17, 15) is 4.79 Å². The molecule has 7 heteroatoms. The predicted octanol–water partition coefficient (Wildman–Crippen LogP) is 1.66. The number of carboxylic acids is 1. The predicted molar refractivity (Wildman–Crippen MR) is 86.0 cm³/mol. The van der Waals surface area contributed by atoms with Crippen molar-refractivity contribution in [2.24, 2.45) is 0 Å². The molecule has 7 nitrogen and oxygen atoms in total. The zero-order chi connectivity index (χ0) is 16.4. The zero-order valence-corrected chi connectivity index (χ0v) is 12.7. The first-order chi connectivity index (χ1) is 11.0. The fraction of sp³-hybridized carbons (Fsp3) is 0.250. The fourth-order valence-electron chi connectivity index (χ4n) is 2.58. The van der Waals surface area contributed by atoms with Crippen LogP contribution >= 0.6 is 0 Å². The SMILES string of the molecule is Cc1cc(N)nc(CCc2nc3nccc(CC(=O)O)c3[nH]2)c1. The summed E-state index contributed by atoms with van der Waals surface area (Å²) < 4.78 is 0. The number of nitrogens with zero attached hydrogens (tertiary/aromatic N) is 3. The average molecular weight is 311 g/mol. The van der Waals surface area contributed by atoms with Gasteiger partial charge in [-0.2, -0.15) is 0 Å². The highest BCUT2D eigenvalue weighted by Gasteiger charge is 2.11. The number of aryl methyl sites for hydroxylation is 3. The van der Waals surface area contributed by atoms with Crippen LogP contribution in [-0.2, 0) is 24.1 Å². The second-order valence-corrected chi connectivity index (χ2v) is 5.48. The number of fused-ring (bicyclic) bond motifs is 1. The molecular weight excluding hydrogens is 294 g/mol. The molecule has 0 radical (unpaired) electrons. The van der Waals surface area contributed by atoms with E-state index >= 15 is 0 Å². The first kappa shape index (κ1) is 15.0. The van der Waals surface area contributed by atoms with Crippen LogP contribution in [0.25, 0.3) is 11.2 Å². The van der Waals surface area contributed by atoms with Gasteiger partial charge in [-0.1, -0.05) is 0 Å². The van der Waals surface area contributed by atoms with Crippen molar-refractivity contribution in [2.75, 3.05) is 5.73 Å². The molecule has 0 saturated carbocycles. The number of H-pyrrole nitrogens is 1. The summed E-state index contributed by atoms with van der Waals surface area (Å²) in [5.74, 6) is 0.385. The van der Waals surface area contributed by atoms with Crippen molar-refractivity contribution in [3.8, 4) is 0 Å². The van der Waals surface area contributed by atoms with Gasteiger partial charge in [0.1, 0.15) is 11.6 Å². The second-order valence-electron chi connectivity index (χ2n) is 5.48. The van der Waals surface area contributed by atoms with Gasteiger partial charge in [-0.25, -0.2) is 15.0 Å². The summed E-state index contributed by atoms with van der Waals surface area (Å²) in [5, 5.41) is 8.96. The molecule has 3 aromatic rings. The van der Waals surface area contributed by atoms with Crippen LogP contribution in [0.4, 0.5) is 5.82 Å². The molecule has 0 aromatic carbocycles. The Kier molecular flexibility index (Phi) is 3.92. The molecule has 3 heterocycles. The summed E-state index contributed by atoms with van der Waals surface area (Å²) in [6.07, 6.45) is 2.86. The molecule has 0 atom stereocenters. The number of nitrogen functional groups attached to an aromatic ring is 1. The number of nitrogens with one attached hydrogen (secondary N) is 1. The van der Waals surface area contributed by atoms with Crippen LogP contribution in [0.3, 0.4) is 0 Å². The zero-order valence-electron chi connectivity index (χ0n) is 12.7. The first-order valence-electron chi connectivity index (χ1n) is 7.28. The van der Waals surface area contributed by atoms with E-state index < -0.39 is 5.97 Å². The van der Waals surface area contributed by atoms with Crippen LogP contribution in [0.5, 0.6) is 0 Å². The Bertz CT molecular complexity index is 852. The number of hydrogen-bond donors (Lipinski definition) is 3. The smallest absolute Gasteiger partial charge is 0.307 e. The molecule has 0 aliphatic carbocycles. The van der Waals surface area contributed by atoms with Crippen molar-refractivity contribution >= 4 is 23.0 Å². The minimum absolute atomic E-state index is 0.0589. The molecule has 0 amide bonds. The van der Waals surface area contributed by atoms with Gasteiger partial charge in [0.05, 0.1) is 11.9 Å². The van der Waals surface area contributed by atoms with Crippen molar-refractivity contribution in [3.63, 3.8) is 0 Å². The first-order valence-corrected chi connectivity index (χ1v) is 7.28. The van der Waals surface area contributed by atoms with Crippen molar-refractivity contribution in [1.29, 1.82) is 0 Å². The molecule has 3 rings (SSSR count). The second kappa shape index (κ2) is 6.04. The summed E-state index contributed by atoms with van der Waals surface area (Å²) in [4.78, 5) is 27.0. The normalized spacial score (nSPS) is 11.0. The quantitative estimate of drug-likeness (QED) is 0.659. The summed E-state index contributed by atoms with van der Waals surface area (Å²) in [6.45, 7) is 1.98. The van der Waals surface area contributed by atoms with Gasteiger partial charge in [0.25, 0.3) is 0 Å². The lowest BCUT2D eigenvalue weighted by Crippen LogP contribution is -2.01. The van der Waals surface area contributed by atoms with Gasteiger partial charge < -0.3 is 15.8 Å². The Morgan fingerprint density at radius 1 is 1.30 bits per heavy atom. The maximum atomic E-state index is 10.9. The summed E-state index contributed by atoms with van der Waals surface area (Å²) in [5.41, 5.74) is 9.63. The van der Waals surface area contributed by atoms with Crippen LogP contribution in [0.15, 0.2) is 24.4 Å². The van der Waals surface area contributed by atoms with Gasteiger partial charge >= 0.3 is 5.97 Å². The lowest BCUT2D eigenvalue weighted by atomic mass is 10.1. The number of carbonyl (C=O) groups is 1. The van der Waals surface area contributed by atoms with Crippen LogP contribution < -0.4 is 5.73 Å². The molecular formula is C16H17N5O2. The van der Waals surface area contributed by atoms with E-state index in [0.29, 0.717) is 35.4 Å². The van der Waals surface area contributed by atoms with Crippen molar-refractivity contribution in [1.82, 2.24) is 19.9 Å². The van der Waals surface area contributed by atoms with E-state index in [-0.39, 0.29) is 6.42 Å². The third-order valence-corrected chi connectivity index (χ3v) is 3.53. The molecule has 0 unspecified atom stereocenters. The van der Waals surface area contributed by atoms with E-state index in [1.807, 2.05) is 19.1 Å². The monoisotopic (exact) mass is 311 g/mol. The van der Waals surface area contributed by atoms with E-state index in [1.54, 1.807) is 12.3 Å². The summed E-state index contributed by atoms with van der Waals surface area (Å²) in [6, 6.07) is 5.52. The fourth-order valence-corrected chi connectivity index (χ4v) is 2.58. The molecule has 0 aliphatic rings. The molecule has 0 bridgehead atoms. The highest BCUT2D eigenvalue weighted by atomic mass is 16.4. The van der Waals surface area contributed by atoms with Crippen molar-refractivity contribution < 1.29 is 9.90 Å². The number of rotatable bonds is 5. The topological polar surface area (TPSA) is 118 Å². The Morgan fingerprint density at radius 3 is 2.87 bits per heavy atom. The number of nitrogens with two attached hydrogens (primary N) is 1. The Hall–Kier alpha value is -2.96. The van der Waals surface area contributed by atoms with Crippen molar-refractivity contribution in [3.05, 3.63) is 47.0 Å². The number of aliphatic carboxylic acids is 1. The lowest BCUT2D eigenvalue weighted by molar-refractivity contribution is -0.136. The van der Waals surface area contributed by atoms with E-state index in [0.717, 1.165) is 17.1 Å². The largest absolute Gasteiger partial charge is 0.481 e. The Morgan fingerprint density at radius 2 is 2.13 bits per heavy atom. The molecule has 0 aliphatic heterocycles. The number of hydrogen-bond acceptors (Lipinski definition) is 5. The van der Waals surface area contributed by atoms with Gasteiger partial charge in [-0.15, -0.1) is 0 Å². The van der Waals surface area contributed by atoms with E-state index in [2.05, 4.69) is 19.9 Å². The highest BCUT2D eigenvalue weighted by molar-refractivity contribution is 5.80. The molecule has 3 aromatic heterocycles. The Labute approximate surface area is 132 Å². The van der Waals surface area contributed by atoms with Gasteiger partial charge in [0.2, 0.25) is 0 Å². The number of carboxylic acid groups (broad SMARTS) is 1. The number of aromatic nitrogens is 4. The number of imidazole rings is 1. The van der Waals surface area contributed by atoms with Gasteiger partial charge in [-0.3, -0.25) is 4.79 Å². The molecule has 118 valence electrons. The summed E-state index contributed by atoms with van der Waals surface area (Å²) >= 11 is 0. The Balaban J connectivity index is 1.82. The average Bonchev–Trinajstić information content (AvgIpc) is 2.88. The van der Waals surface area contributed by atoms with Crippen LogP contribution in [0.2, 0.25) is 0 Å². The summed E-state index contributed by atoms with van der Waals surface area (Å²) in [7, 11) is 0. The van der Waals surface area contributed by atoms with E-state index in [1.165, 1.54) is 0 Å². The number of anilines is 1. The third kappa shape index (κ3) is 3.45. The van der Waals surface area contributed by atoms with Crippen LogP contribution in [0, 0.1) is 6.92 Å². The number of pyridine rings is 2. The number of aromatic amines is 1. The molecule has 0 saturated heterocycles. The van der Waals surface area contributed by atoms with Gasteiger partial charge in [-0.05, 0) is 42.7 Å². The molecule has 0 fully saturated rings. The van der Waals surface area contributed by atoms with Gasteiger partial charge in [0.15, 0.2) is 5.65 Å². The standard InChI is InChI=1S/C16H17N5O2/c1-9-6-11(19-12(17)7-9)2-3-13-20-15-10(8-14(22)23)4-5-18-16(15)21-13/h4-7H,2-3,8H2,1H3,(H2,17,19)(H,22,23)(H,18,20,21). The molecule has 4 N–H and O–H groups in total. The minimum atomic E-state index is -0.881. The maximum absolute atomic E-state index is 10.9. The maximum Gasteiger partial charge on any atom is 0.307 e. The van der Waals surface area contributed by atoms with E-state index in [4.69, 9.17) is 10.8 Å². The third-order valence-electron chi connectivity index (χ3n) is 3.53. The van der Waals surface area contributed by atoms with Crippen LogP contribution in [0.1, 0.15) is 22.6 Å². The van der Waals surface area contributed by atoms with Crippen LogP contribution in [-0.4, -0.2) is 31.0 Å². The minimum Gasteiger partial charge on any atom is -0.481 e. The lowest BCUT2D eigenvalue weighted by Gasteiger charge is -2.02. The highest BCUT2D eigenvalue weighted by Crippen LogP contribution is 2.16.